The molecule has 10 nitrogen and oxygen atoms in total. The molecule has 1 aromatic carbocycles. The Balaban J connectivity index is 2.11. The van der Waals surface area contributed by atoms with E-state index in [4.69, 9.17) is 10.5 Å². The normalized spacial score (nSPS) is 18.1. The van der Waals surface area contributed by atoms with E-state index in [9.17, 15) is 19.2 Å². The molecule has 1 aliphatic rings. The van der Waals surface area contributed by atoms with Crippen LogP contribution in [-0.4, -0.2) is 72.9 Å². The molecule has 0 aromatic heterocycles. The summed E-state index contributed by atoms with van der Waals surface area (Å²) in [7, 11) is 3.00. The van der Waals surface area contributed by atoms with Gasteiger partial charge in [-0.15, -0.1) is 0 Å². The fourth-order valence-electron chi connectivity index (χ4n) is 3.62. The number of carbonyl (C=O) groups excluding carboxylic acids is 4. The number of nitrogens with two attached hydrogens (primary N) is 1. The number of nitrogens with one attached hydrogen (secondary N) is 2. The summed E-state index contributed by atoms with van der Waals surface area (Å²) in [6, 6.07) is 5.25. The maximum Gasteiger partial charge on any atom is 0.319 e. The number of carbonyl (C=O) groups is 4. The van der Waals surface area contributed by atoms with Gasteiger partial charge in [-0.3, -0.25) is 14.4 Å². The second-order valence-electron chi connectivity index (χ2n) is 9.22. The Morgan fingerprint density at radius 1 is 1.25 bits per heavy atom. The van der Waals surface area contributed by atoms with Gasteiger partial charge in [0.1, 0.15) is 11.8 Å². The van der Waals surface area contributed by atoms with Crippen LogP contribution >= 0.6 is 0 Å². The van der Waals surface area contributed by atoms with E-state index in [0.29, 0.717) is 11.4 Å². The van der Waals surface area contributed by atoms with Crippen LogP contribution < -0.4 is 21.1 Å². The highest BCUT2D eigenvalue weighted by atomic mass is 16.5. The number of hydrogen-bond donors (Lipinski definition) is 3. The van der Waals surface area contributed by atoms with E-state index in [1.165, 1.54) is 24.0 Å². The number of likely N-dealkylation sites (tertiary alicyclic amines) is 1. The van der Waals surface area contributed by atoms with Gasteiger partial charge in [0.05, 0.1) is 19.7 Å². The predicted octanol–water partition coefficient (Wildman–Crippen LogP) is 1.17. The molecule has 4 N–H and O–H groups in total. The molecule has 2 rings (SSSR count). The molecule has 1 aromatic rings. The number of urea groups is 1. The largest absolute Gasteiger partial charge is 0.497 e. The number of benzene rings is 1. The Morgan fingerprint density at radius 2 is 1.94 bits per heavy atom. The van der Waals surface area contributed by atoms with E-state index >= 15 is 0 Å². The van der Waals surface area contributed by atoms with Gasteiger partial charge >= 0.3 is 6.03 Å². The van der Waals surface area contributed by atoms with Crippen molar-refractivity contribution in [3.63, 3.8) is 0 Å². The standard InChI is InChI=1S/C22H33N5O5/c1-22(2,3)11-19(29)27-12-15(10-17(27)20(30)26(4)13-18(23)28)25-21(31)24-14-7-6-8-16(9-14)32-5/h6-9,15,17H,10-13H2,1-5H3,(H2,23,28)(H2,24,25,31)/t15-,17-/m0/s1. The molecule has 0 aliphatic carbocycles. The summed E-state index contributed by atoms with van der Waals surface area (Å²) in [4.78, 5) is 52.3. The smallest absolute Gasteiger partial charge is 0.319 e. The maximum atomic E-state index is 12.9. The summed E-state index contributed by atoms with van der Waals surface area (Å²) < 4.78 is 5.15. The highest BCUT2D eigenvalue weighted by Crippen LogP contribution is 2.26. The number of methoxy groups -OCH3 is 1. The Labute approximate surface area is 188 Å². The lowest BCUT2D eigenvalue weighted by Gasteiger charge is -2.29. The summed E-state index contributed by atoms with van der Waals surface area (Å²) in [6.45, 7) is 5.77. The van der Waals surface area contributed by atoms with Crippen LogP contribution in [0.3, 0.4) is 0 Å². The van der Waals surface area contributed by atoms with Crippen LogP contribution in [0.2, 0.25) is 0 Å². The van der Waals surface area contributed by atoms with Crippen molar-refractivity contribution >= 4 is 29.4 Å². The van der Waals surface area contributed by atoms with Crippen LogP contribution in [-0.2, 0) is 14.4 Å². The van der Waals surface area contributed by atoms with Gasteiger partial charge in [0.25, 0.3) is 0 Å². The lowest BCUT2D eigenvalue weighted by atomic mass is 9.91. The average molecular weight is 448 g/mol. The van der Waals surface area contributed by atoms with Gasteiger partial charge in [-0.2, -0.15) is 0 Å². The van der Waals surface area contributed by atoms with Crippen molar-refractivity contribution in [2.45, 2.75) is 45.7 Å². The average Bonchev–Trinajstić information content (AvgIpc) is 3.09. The molecule has 176 valence electrons. The van der Waals surface area contributed by atoms with Crippen LogP contribution in [0.4, 0.5) is 10.5 Å². The van der Waals surface area contributed by atoms with Crippen LogP contribution in [0.1, 0.15) is 33.6 Å². The number of ether oxygens (including phenoxy) is 1. The van der Waals surface area contributed by atoms with E-state index in [2.05, 4.69) is 10.6 Å². The Morgan fingerprint density at radius 3 is 2.53 bits per heavy atom. The molecule has 0 radical (unpaired) electrons. The van der Waals surface area contributed by atoms with Crippen molar-refractivity contribution in [3.8, 4) is 5.75 Å². The molecule has 0 saturated carbocycles. The fraction of sp³-hybridized carbons (Fsp3) is 0.545. The van der Waals surface area contributed by atoms with Gasteiger partial charge in [0.15, 0.2) is 0 Å². The van der Waals surface area contributed by atoms with Gasteiger partial charge in [-0.25, -0.2) is 4.79 Å². The number of rotatable bonds is 7. The molecule has 32 heavy (non-hydrogen) atoms. The topological polar surface area (TPSA) is 134 Å². The van der Waals surface area contributed by atoms with Crippen LogP contribution in [0, 0.1) is 5.41 Å². The highest BCUT2D eigenvalue weighted by Gasteiger charge is 2.42. The Bertz CT molecular complexity index is 867. The molecular weight excluding hydrogens is 414 g/mol. The summed E-state index contributed by atoms with van der Waals surface area (Å²) >= 11 is 0. The fourth-order valence-corrected chi connectivity index (χ4v) is 3.62. The quantitative estimate of drug-likeness (QED) is 0.577. The number of anilines is 1. The summed E-state index contributed by atoms with van der Waals surface area (Å²) in [5.41, 5.74) is 5.49. The molecule has 10 heteroatoms. The van der Waals surface area contributed by atoms with Crippen molar-refractivity contribution in [3.05, 3.63) is 24.3 Å². The first-order valence-electron chi connectivity index (χ1n) is 10.4. The van der Waals surface area contributed by atoms with E-state index < -0.39 is 24.0 Å². The van der Waals surface area contributed by atoms with E-state index in [1.807, 2.05) is 20.8 Å². The molecule has 0 spiro atoms. The van der Waals surface area contributed by atoms with Crippen LogP contribution in [0.15, 0.2) is 24.3 Å². The molecular formula is C22H33N5O5. The second-order valence-corrected chi connectivity index (χ2v) is 9.22. The molecule has 5 amide bonds. The predicted molar refractivity (Wildman–Crippen MR) is 120 cm³/mol. The summed E-state index contributed by atoms with van der Waals surface area (Å²) in [5.74, 6) is -0.603. The van der Waals surface area contributed by atoms with Gasteiger partial charge in [-0.05, 0) is 24.0 Å². The molecule has 0 bridgehead atoms. The van der Waals surface area contributed by atoms with Crippen molar-refractivity contribution in [2.24, 2.45) is 11.1 Å². The third-order valence-corrected chi connectivity index (χ3v) is 5.02. The Kier molecular flexibility index (Phi) is 8.07. The zero-order valence-electron chi connectivity index (χ0n) is 19.3. The van der Waals surface area contributed by atoms with Crippen molar-refractivity contribution in [2.75, 3.05) is 32.6 Å². The van der Waals surface area contributed by atoms with E-state index in [-0.39, 0.29) is 43.2 Å². The van der Waals surface area contributed by atoms with Crippen molar-refractivity contribution in [1.82, 2.24) is 15.1 Å². The van der Waals surface area contributed by atoms with Gasteiger partial charge in [0.2, 0.25) is 17.7 Å². The zero-order chi connectivity index (χ0) is 24.1. The molecule has 2 atom stereocenters. The minimum atomic E-state index is -0.781. The number of amides is 5. The molecule has 1 saturated heterocycles. The first-order valence-corrected chi connectivity index (χ1v) is 10.4. The minimum Gasteiger partial charge on any atom is -0.497 e. The van der Waals surface area contributed by atoms with Crippen LogP contribution in [0.5, 0.6) is 5.75 Å². The third-order valence-electron chi connectivity index (χ3n) is 5.02. The number of hydrogen-bond acceptors (Lipinski definition) is 5. The minimum absolute atomic E-state index is 0.180. The molecule has 1 aliphatic heterocycles. The first kappa shape index (κ1) is 25.0. The van der Waals surface area contributed by atoms with E-state index in [0.717, 1.165) is 0 Å². The zero-order valence-corrected chi connectivity index (χ0v) is 19.3. The lowest BCUT2D eigenvalue weighted by molar-refractivity contribution is -0.144. The summed E-state index contributed by atoms with van der Waals surface area (Å²) in [5, 5.41) is 5.56. The second kappa shape index (κ2) is 10.3. The highest BCUT2D eigenvalue weighted by molar-refractivity contribution is 5.92. The van der Waals surface area contributed by atoms with E-state index in [1.54, 1.807) is 24.3 Å². The molecule has 0 unspecified atom stereocenters. The van der Waals surface area contributed by atoms with Crippen molar-refractivity contribution in [1.29, 1.82) is 0 Å². The van der Waals surface area contributed by atoms with Crippen LogP contribution in [0.25, 0.3) is 0 Å². The molecule has 1 fully saturated rings. The van der Waals surface area contributed by atoms with Gasteiger partial charge < -0.3 is 30.9 Å². The first-order chi connectivity index (χ1) is 14.9. The Hall–Kier alpha value is -3.30. The number of likely N-dealkylation sites (N-methyl/N-ethyl adjacent to an activating group) is 1. The van der Waals surface area contributed by atoms with Gasteiger partial charge in [-0.1, -0.05) is 26.8 Å². The number of nitrogens with zero attached hydrogens (tertiary/aromatic N) is 2. The SMILES string of the molecule is COc1cccc(NC(=O)N[C@H]2C[C@@H](C(=O)N(C)CC(N)=O)N(C(=O)CC(C)(C)C)C2)c1. The lowest BCUT2D eigenvalue weighted by Crippen LogP contribution is -2.49. The maximum absolute atomic E-state index is 12.9. The van der Waals surface area contributed by atoms with Crippen molar-refractivity contribution < 1.29 is 23.9 Å². The third kappa shape index (κ3) is 7.14. The number of primary amides is 1. The monoisotopic (exact) mass is 447 g/mol. The summed E-state index contributed by atoms with van der Waals surface area (Å²) in [6.07, 6.45) is 0.488. The molecule has 1 heterocycles. The van der Waals surface area contributed by atoms with Gasteiger partial charge in [0, 0.05) is 31.8 Å².